The molecule has 2 N–H and O–H groups in total. The van der Waals surface area contributed by atoms with E-state index in [9.17, 15) is 9.18 Å². The molecule has 30 heavy (non-hydrogen) atoms. The van der Waals surface area contributed by atoms with Gasteiger partial charge in [0, 0.05) is 16.1 Å². The Morgan fingerprint density at radius 1 is 1.07 bits per heavy atom. The second-order valence-corrected chi connectivity index (χ2v) is 10.0. The summed E-state index contributed by atoms with van der Waals surface area (Å²) in [6.45, 7) is 7.46. The fourth-order valence-electron chi connectivity index (χ4n) is 3.20. The zero-order valence-corrected chi connectivity index (χ0v) is 18.5. The SMILES string of the molecule is CC(C)(C)ONC(=O)CC1(Sc2ccc(Oc3ccc(F)cc3)cc2)CCNCC1. The molecular weight excluding hydrogens is 403 g/mol. The topological polar surface area (TPSA) is 59.6 Å². The Labute approximate surface area is 181 Å². The van der Waals surface area contributed by atoms with E-state index in [1.807, 2.05) is 45.0 Å². The van der Waals surface area contributed by atoms with Gasteiger partial charge in [0.05, 0.1) is 5.60 Å². The summed E-state index contributed by atoms with van der Waals surface area (Å²) in [6, 6.07) is 13.7. The number of halogens is 1. The Kier molecular flexibility index (Phi) is 7.39. The third kappa shape index (κ3) is 7.00. The summed E-state index contributed by atoms with van der Waals surface area (Å²) in [7, 11) is 0. The van der Waals surface area contributed by atoms with Crippen molar-refractivity contribution in [2.24, 2.45) is 0 Å². The van der Waals surface area contributed by atoms with E-state index in [1.54, 1.807) is 23.9 Å². The first-order valence-corrected chi connectivity index (χ1v) is 10.9. The number of ether oxygens (including phenoxy) is 1. The molecule has 0 bridgehead atoms. The Balaban J connectivity index is 1.64. The lowest BCUT2D eigenvalue weighted by molar-refractivity contribution is -0.146. The number of nitrogens with one attached hydrogen (secondary N) is 2. The zero-order valence-electron chi connectivity index (χ0n) is 17.7. The van der Waals surface area contributed by atoms with Crippen molar-refractivity contribution in [3.8, 4) is 11.5 Å². The molecule has 1 aliphatic rings. The number of rotatable bonds is 7. The van der Waals surface area contributed by atoms with Gasteiger partial charge in [0.15, 0.2) is 0 Å². The Morgan fingerprint density at radius 3 is 2.20 bits per heavy atom. The number of piperidine rings is 1. The average molecular weight is 433 g/mol. The lowest BCUT2D eigenvalue weighted by Crippen LogP contribution is -2.44. The van der Waals surface area contributed by atoms with E-state index >= 15 is 0 Å². The van der Waals surface area contributed by atoms with E-state index in [1.165, 1.54) is 12.1 Å². The lowest BCUT2D eigenvalue weighted by Gasteiger charge is -2.36. The van der Waals surface area contributed by atoms with Gasteiger partial charge < -0.3 is 10.1 Å². The molecule has 1 fully saturated rings. The van der Waals surface area contributed by atoms with Gasteiger partial charge in [0.2, 0.25) is 5.91 Å². The normalized spacial score (nSPS) is 16.1. The molecule has 3 rings (SSSR count). The summed E-state index contributed by atoms with van der Waals surface area (Å²) in [6.07, 6.45) is 2.19. The van der Waals surface area contributed by atoms with Crippen LogP contribution < -0.4 is 15.5 Å². The minimum atomic E-state index is -0.426. The molecule has 0 spiro atoms. The maximum Gasteiger partial charge on any atom is 0.244 e. The van der Waals surface area contributed by atoms with E-state index in [0.717, 1.165) is 30.8 Å². The van der Waals surface area contributed by atoms with Crippen LogP contribution in [0.5, 0.6) is 11.5 Å². The zero-order chi connectivity index (χ0) is 21.6. The molecule has 7 heteroatoms. The average Bonchev–Trinajstić information content (AvgIpc) is 2.70. The van der Waals surface area contributed by atoms with Crippen molar-refractivity contribution in [1.82, 2.24) is 10.8 Å². The number of hydrogen-bond acceptors (Lipinski definition) is 5. The highest BCUT2D eigenvalue weighted by Crippen LogP contribution is 2.42. The quantitative estimate of drug-likeness (QED) is 0.599. The van der Waals surface area contributed by atoms with Crippen molar-refractivity contribution >= 4 is 17.7 Å². The molecule has 1 saturated heterocycles. The smallest absolute Gasteiger partial charge is 0.244 e. The van der Waals surface area contributed by atoms with Gasteiger partial charge in [-0.05, 0) is 95.2 Å². The molecule has 2 aromatic carbocycles. The summed E-state index contributed by atoms with van der Waals surface area (Å²) in [4.78, 5) is 19.0. The standard InChI is InChI=1S/C23H29FN2O3S/c1-22(2,3)29-26-21(27)16-23(12-14-25-15-13-23)30-20-10-8-19(9-11-20)28-18-6-4-17(24)5-7-18/h4-11,25H,12-16H2,1-3H3,(H,26,27). The molecule has 1 heterocycles. The molecule has 0 unspecified atom stereocenters. The first-order chi connectivity index (χ1) is 14.2. The van der Waals surface area contributed by atoms with E-state index < -0.39 is 5.60 Å². The van der Waals surface area contributed by atoms with Crippen LogP contribution in [-0.4, -0.2) is 29.3 Å². The summed E-state index contributed by atoms with van der Waals surface area (Å²) in [5.74, 6) is 0.873. The molecule has 2 aromatic rings. The fourth-order valence-corrected chi connectivity index (χ4v) is 4.58. The predicted octanol–water partition coefficient (Wildman–Crippen LogP) is 5.07. The third-order valence-electron chi connectivity index (χ3n) is 4.68. The van der Waals surface area contributed by atoms with Crippen LogP contribution in [-0.2, 0) is 9.63 Å². The Hall–Kier alpha value is -2.09. The molecule has 0 saturated carbocycles. The van der Waals surface area contributed by atoms with Gasteiger partial charge in [-0.25, -0.2) is 9.87 Å². The van der Waals surface area contributed by atoms with Crippen LogP contribution in [0.2, 0.25) is 0 Å². The maximum absolute atomic E-state index is 13.0. The highest BCUT2D eigenvalue weighted by molar-refractivity contribution is 8.00. The maximum atomic E-state index is 13.0. The van der Waals surface area contributed by atoms with Crippen LogP contribution in [0.1, 0.15) is 40.0 Å². The minimum Gasteiger partial charge on any atom is -0.457 e. The van der Waals surface area contributed by atoms with Crippen LogP contribution in [0, 0.1) is 5.82 Å². The van der Waals surface area contributed by atoms with Crippen molar-refractivity contribution in [2.75, 3.05) is 13.1 Å². The molecular formula is C23H29FN2O3S. The van der Waals surface area contributed by atoms with Crippen LogP contribution in [0.4, 0.5) is 4.39 Å². The predicted molar refractivity (Wildman–Crippen MR) is 117 cm³/mol. The molecule has 162 valence electrons. The number of carbonyl (C=O) groups is 1. The molecule has 1 aliphatic heterocycles. The van der Waals surface area contributed by atoms with Crippen molar-refractivity contribution < 1.29 is 18.8 Å². The molecule has 0 radical (unpaired) electrons. The van der Waals surface area contributed by atoms with Gasteiger partial charge in [-0.2, -0.15) is 0 Å². The second-order valence-electron chi connectivity index (χ2n) is 8.48. The van der Waals surface area contributed by atoms with Gasteiger partial charge in [0.25, 0.3) is 0 Å². The highest BCUT2D eigenvalue weighted by Gasteiger charge is 2.36. The Morgan fingerprint density at radius 2 is 1.63 bits per heavy atom. The van der Waals surface area contributed by atoms with E-state index in [4.69, 9.17) is 9.57 Å². The molecule has 5 nitrogen and oxygen atoms in total. The van der Waals surface area contributed by atoms with Gasteiger partial charge >= 0.3 is 0 Å². The van der Waals surface area contributed by atoms with Gasteiger partial charge in [0.1, 0.15) is 17.3 Å². The molecule has 1 amide bonds. The summed E-state index contributed by atoms with van der Waals surface area (Å²) in [5.41, 5.74) is 2.18. The Bertz CT molecular complexity index is 829. The minimum absolute atomic E-state index is 0.101. The number of amides is 1. The largest absolute Gasteiger partial charge is 0.457 e. The number of hydrogen-bond donors (Lipinski definition) is 2. The van der Waals surface area contributed by atoms with Crippen LogP contribution in [0.25, 0.3) is 0 Å². The van der Waals surface area contributed by atoms with E-state index in [-0.39, 0.29) is 16.5 Å². The number of carbonyl (C=O) groups excluding carboxylic acids is 1. The summed E-state index contributed by atoms with van der Waals surface area (Å²) >= 11 is 1.73. The second kappa shape index (κ2) is 9.81. The molecule has 0 aromatic heterocycles. The van der Waals surface area contributed by atoms with Crippen molar-refractivity contribution in [3.05, 3.63) is 54.3 Å². The molecule has 0 atom stereocenters. The number of thioether (sulfide) groups is 1. The fraction of sp³-hybridized carbons (Fsp3) is 0.435. The monoisotopic (exact) mass is 432 g/mol. The van der Waals surface area contributed by atoms with E-state index in [2.05, 4.69) is 10.8 Å². The van der Waals surface area contributed by atoms with E-state index in [0.29, 0.717) is 17.9 Å². The van der Waals surface area contributed by atoms with Gasteiger partial charge in [-0.3, -0.25) is 9.63 Å². The van der Waals surface area contributed by atoms with Crippen molar-refractivity contribution in [3.63, 3.8) is 0 Å². The van der Waals surface area contributed by atoms with Gasteiger partial charge in [-0.15, -0.1) is 11.8 Å². The third-order valence-corrected chi connectivity index (χ3v) is 6.17. The first kappa shape index (κ1) is 22.6. The van der Waals surface area contributed by atoms with Crippen LogP contribution in [0.3, 0.4) is 0 Å². The van der Waals surface area contributed by atoms with Crippen LogP contribution >= 0.6 is 11.8 Å². The number of benzene rings is 2. The summed E-state index contributed by atoms with van der Waals surface area (Å²) in [5, 5.41) is 3.37. The van der Waals surface area contributed by atoms with Gasteiger partial charge in [-0.1, -0.05) is 0 Å². The first-order valence-electron chi connectivity index (χ1n) is 10.1. The van der Waals surface area contributed by atoms with Crippen molar-refractivity contribution in [2.45, 2.75) is 55.3 Å². The van der Waals surface area contributed by atoms with Crippen LogP contribution in [0.15, 0.2) is 53.4 Å². The highest BCUT2D eigenvalue weighted by atomic mass is 32.2. The summed E-state index contributed by atoms with van der Waals surface area (Å²) < 4.78 is 18.6. The van der Waals surface area contributed by atoms with Crippen molar-refractivity contribution in [1.29, 1.82) is 0 Å². The number of hydroxylamine groups is 1. The molecule has 0 aliphatic carbocycles. The lowest BCUT2D eigenvalue weighted by atomic mass is 9.93.